The van der Waals surface area contributed by atoms with Crippen LogP contribution in [0.3, 0.4) is 0 Å². The fourth-order valence-electron chi connectivity index (χ4n) is 4.08. The summed E-state index contributed by atoms with van der Waals surface area (Å²) in [6.45, 7) is 4.36. The normalized spacial score (nSPS) is 15.5. The lowest BCUT2D eigenvalue weighted by atomic mass is 10.1. The van der Waals surface area contributed by atoms with Gasteiger partial charge >= 0.3 is 0 Å². The van der Waals surface area contributed by atoms with Crippen LogP contribution in [0.25, 0.3) is 22.8 Å². The minimum Gasteiger partial charge on any atom is -0.334 e. The molecule has 0 saturated carbocycles. The molecule has 34 heavy (non-hydrogen) atoms. The van der Waals surface area contributed by atoms with Crippen LogP contribution in [0.1, 0.15) is 17.5 Å². The number of benzene rings is 3. The Labute approximate surface area is 197 Å². The van der Waals surface area contributed by atoms with E-state index in [-0.39, 0.29) is 18.2 Å². The van der Waals surface area contributed by atoms with Crippen molar-refractivity contribution in [3.05, 3.63) is 83.9 Å². The van der Waals surface area contributed by atoms with Gasteiger partial charge in [-0.1, -0.05) is 53.2 Å². The highest BCUT2D eigenvalue weighted by atomic mass is 16.5. The molecule has 0 spiro atoms. The van der Waals surface area contributed by atoms with E-state index in [0.717, 1.165) is 27.9 Å². The van der Waals surface area contributed by atoms with E-state index in [1.165, 1.54) is 0 Å². The summed E-state index contributed by atoms with van der Waals surface area (Å²) in [6, 6.07) is 22.8. The van der Waals surface area contributed by atoms with Gasteiger partial charge in [-0.2, -0.15) is 4.98 Å². The predicted molar refractivity (Wildman–Crippen MR) is 130 cm³/mol. The molecule has 1 N–H and O–H groups in total. The highest BCUT2D eigenvalue weighted by Gasteiger charge is 2.35. The molecule has 7 heteroatoms. The Morgan fingerprint density at radius 3 is 2.41 bits per heavy atom. The van der Waals surface area contributed by atoms with Gasteiger partial charge in [-0.05, 0) is 49.7 Å². The summed E-state index contributed by atoms with van der Waals surface area (Å²) in [6.07, 6.45) is 0.196. The molecule has 2 amide bonds. The zero-order chi connectivity index (χ0) is 23.7. The molecule has 1 aliphatic heterocycles. The monoisotopic (exact) mass is 452 g/mol. The number of hydrogen-bond donors (Lipinski definition) is 1. The van der Waals surface area contributed by atoms with Gasteiger partial charge < -0.3 is 14.7 Å². The summed E-state index contributed by atoms with van der Waals surface area (Å²) in [4.78, 5) is 31.5. The van der Waals surface area contributed by atoms with Crippen LogP contribution in [0.5, 0.6) is 0 Å². The number of aromatic nitrogens is 2. The van der Waals surface area contributed by atoms with Crippen molar-refractivity contribution >= 4 is 23.2 Å². The van der Waals surface area contributed by atoms with E-state index in [2.05, 4.69) is 15.5 Å². The van der Waals surface area contributed by atoms with Crippen molar-refractivity contribution < 1.29 is 14.1 Å². The van der Waals surface area contributed by atoms with Gasteiger partial charge in [0.1, 0.15) is 0 Å². The van der Waals surface area contributed by atoms with E-state index < -0.39 is 5.92 Å². The first-order valence-electron chi connectivity index (χ1n) is 11.2. The second-order valence-corrected chi connectivity index (χ2v) is 8.55. The van der Waals surface area contributed by atoms with E-state index in [4.69, 9.17) is 4.52 Å². The molecule has 2 heterocycles. The maximum absolute atomic E-state index is 12.8. The van der Waals surface area contributed by atoms with Crippen LogP contribution in [0, 0.1) is 19.8 Å². The molecule has 0 unspecified atom stereocenters. The molecule has 170 valence electrons. The predicted octanol–water partition coefficient (Wildman–Crippen LogP) is 5.01. The quantitative estimate of drug-likeness (QED) is 0.460. The van der Waals surface area contributed by atoms with Gasteiger partial charge in [-0.25, -0.2) is 0 Å². The summed E-state index contributed by atoms with van der Waals surface area (Å²) < 4.78 is 5.42. The van der Waals surface area contributed by atoms with Gasteiger partial charge in [0.05, 0.1) is 5.92 Å². The Morgan fingerprint density at radius 1 is 0.971 bits per heavy atom. The van der Waals surface area contributed by atoms with Crippen molar-refractivity contribution in [1.82, 2.24) is 10.1 Å². The standard InChI is InChI=1S/C27H24N4O3/c1-17-7-9-19(10-8-17)25-29-27(34-30-25)20-11-13-22(14-12-20)28-26(33)21-15-24(32)31(16-21)23-6-4-3-5-18(23)2/h3-14,21H,15-16H2,1-2H3,(H,28,33)/t21-/m1/s1. The smallest absolute Gasteiger partial charge is 0.258 e. The second-order valence-electron chi connectivity index (χ2n) is 8.55. The van der Waals surface area contributed by atoms with Gasteiger partial charge in [-0.15, -0.1) is 0 Å². The molecule has 1 aliphatic rings. The molecule has 1 aromatic heterocycles. The Hall–Kier alpha value is -4.26. The van der Waals surface area contributed by atoms with Crippen molar-refractivity contribution in [3.63, 3.8) is 0 Å². The lowest BCUT2D eigenvalue weighted by Gasteiger charge is -2.19. The fraction of sp³-hybridized carbons (Fsp3) is 0.185. The number of nitrogens with zero attached hydrogens (tertiary/aromatic N) is 3. The number of aryl methyl sites for hydroxylation is 2. The summed E-state index contributed by atoms with van der Waals surface area (Å²) >= 11 is 0. The maximum atomic E-state index is 12.8. The van der Waals surface area contributed by atoms with Crippen LogP contribution in [-0.2, 0) is 9.59 Å². The second kappa shape index (κ2) is 8.94. The van der Waals surface area contributed by atoms with Crippen molar-refractivity contribution in [3.8, 4) is 22.8 Å². The highest BCUT2D eigenvalue weighted by molar-refractivity contribution is 6.03. The van der Waals surface area contributed by atoms with Gasteiger partial charge in [0.2, 0.25) is 17.6 Å². The number of nitrogens with one attached hydrogen (secondary N) is 1. The summed E-state index contributed by atoms with van der Waals surface area (Å²) in [5.74, 6) is 0.321. The Balaban J connectivity index is 1.24. The zero-order valence-electron chi connectivity index (χ0n) is 19.0. The average Bonchev–Trinajstić information content (AvgIpc) is 3.48. The zero-order valence-corrected chi connectivity index (χ0v) is 19.0. The van der Waals surface area contributed by atoms with E-state index in [9.17, 15) is 9.59 Å². The van der Waals surface area contributed by atoms with Crippen LogP contribution < -0.4 is 10.2 Å². The Bertz CT molecular complexity index is 1340. The third kappa shape index (κ3) is 4.32. The minimum atomic E-state index is -0.403. The molecule has 3 aromatic carbocycles. The lowest BCUT2D eigenvalue weighted by molar-refractivity contribution is -0.122. The molecule has 7 nitrogen and oxygen atoms in total. The minimum absolute atomic E-state index is 0.0365. The molecule has 0 radical (unpaired) electrons. The SMILES string of the molecule is Cc1ccc(-c2noc(-c3ccc(NC(=O)[C@@H]4CC(=O)N(c5ccccc5C)C4)cc3)n2)cc1. The van der Waals surface area contributed by atoms with E-state index in [0.29, 0.717) is 23.9 Å². The van der Waals surface area contributed by atoms with Crippen LogP contribution in [-0.4, -0.2) is 28.5 Å². The number of carbonyl (C=O) groups is 2. The molecular weight excluding hydrogens is 428 g/mol. The van der Waals surface area contributed by atoms with Gasteiger partial charge in [0, 0.05) is 35.5 Å². The van der Waals surface area contributed by atoms with Crippen molar-refractivity contribution in [1.29, 1.82) is 0 Å². The Morgan fingerprint density at radius 2 is 1.68 bits per heavy atom. The average molecular weight is 453 g/mol. The molecule has 1 atom stereocenters. The Kier molecular flexibility index (Phi) is 5.67. The molecule has 1 saturated heterocycles. The van der Waals surface area contributed by atoms with Gasteiger partial charge in [-0.3, -0.25) is 9.59 Å². The van der Waals surface area contributed by atoms with Crippen LogP contribution in [0.15, 0.2) is 77.3 Å². The molecular formula is C27H24N4O3. The van der Waals surface area contributed by atoms with Crippen LogP contribution in [0.4, 0.5) is 11.4 Å². The van der Waals surface area contributed by atoms with E-state index in [1.54, 1.807) is 17.0 Å². The molecule has 1 fully saturated rings. The largest absolute Gasteiger partial charge is 0.334 e. The van der Waals surface area contributed by atoms with Crippen molar-refractivity contribution in [2.75, 3.05) is 16.8 Å². The number of para-hydroxylation sites is 1. The summed E-state index contributed by atoms with van der Waals surface area (Å²) in [5, 5.41) is 6.99. The number of carbonyl (C=O) groups excluding carboxylic acids is 2. The van der Waals surface area contributed by atoms with E-state index >= 15 is 0 Å². The highest BCUT2D eigenvalue weighted by Crippen LogP contribution is 2.29. The lowest BCUT2D eigenvalue weighted by Crippen LogP contribution is -2.28. The number of rotatable bonds is 5. The first-order valence-corrected chi connectivity index (χ1v) is 11.2. The molecule has 4 aromatic rings. The summed E-state index contributed by atoms with van der Waals surface area (Å²) in [5.41, 5.74) is 5.32. The van der Waals surface area contributed by atoms with E-state index in [1.807, 2.05) is 74.5 Å². The maximum Gasteiger partial charge on any atom is 0.258 e. The third-order valence-corrected chi connectivity index (χ3v) is 6.04. The van der Waals surface area contributed by atoms with Crippen molar-refractivity contribution in [2.45, 2.75) is 20.3 Å². The van der Waals surface area contributed by atoms with Gasteiger partial charge in [0.25, 0.3) is 5.89 Å². The summed E-state index contributed by atoms with van der Waals surface area (Å²) in [7, 11) is 0. The van der Waals surface area contributed by atoms with Crippen molar-refractivity contribution in [2.24, 2.45) is 5.92 Å². The fourth-order valence-corrected chi connectivity index (χ4v) is 4.08. The molecule has 0 aliphatic carbocycles. The van der Waals surface area contributed by atoms with Gasteiger partial charge in [0.15, 0.2) is 0 Å². The molecule has 0 bridgehead atoms. The number of amides is 2. The first-order chi connectivity index (χ1) is 16.5. The van der Waals surface area contributed by atoms with Crippen LogP contribution in [0.2, 0.25) is 0 Å². The molecule has 5 rings (SSSR count). The third-order valence-electron chi connectivity index (χ3n) is 6.04. The first kappa shape index (κ1) is 21.6. The topological polar surface area (TPSA) is 88.3 Å². The number of anilines is 2. The number of hydrogen-bond acceptors (Lipinski definition) is 5. The van der Waals surface area contributed by atoms with Crippen LogP contribution >= 0.6 is 0 Å².